The molecule has 0 bridgehead atoms. The number of ether oxygens (including phenoxy) is 1. The molecular formula is C23H13BrCl2FIN2O2. The summed E-state index contributed by atoms with van der Waals surface area (Å²) in [7, 11) is 0. The molecule has 32 heavy (non-hydrogen) atoms. The number of rotatable bonds is 6. The molecule has 0 heterocycles. The van der Waals surface area contributed by atoms with Gasteiger partial charge < -0.3 is 10.1 Å². The van der Waals surface area contributed by atoms with Gasteiger partial charge >= 0.3 is 0 Å². The van der Waals surface area contributed by atoms with E-state index in [-0.39, 0.29) is 23.0 Å². The molecule has 4 nitrogen and oxygen atoms in total. The molecule has 0 fully saturated rings. The van der Waals surface area contributed by atoms with Crippen molar-refractivity contribution < 1.29 is 13.9 Å². The molecule has 3 aromatic carbocycles. The van der Waals surface area contributed by atoms with E-state index in [9.17, 15) is 14.4 Å². The van der Waals surface area contributed by atoms with Gasteiger partial charge in [-0.2, -0.15) is 5.26 Å². The lowest BCUT2D eigenvalue weighted by molar-refractivity contribution is -0.112. The number of nitriles is 1. The van der Waals surface area contributed by atoms with Crippen molar-refractivity contribution >= 4 is 79.4 Å². The average molecular weight is 646 g/mol. The Morgan fingerprint density at radius 3 is 2.66 bits per heavy atom. The number of amides is 1. The highest BCUT2D eigenvalue weighted by Gasteiger charge is 2.14. The molecule has 0 saturated heterocycles. The number of halogens is 5. The lowest BCUT2D eigenvalue weighted by Crippen LogP contribution is -2.13. The fraction of sp³-hybridized carbons (Fsp3) is 0.0435. The summed E-state index contributed by atoms with van der Waals surface area (Å²) < 4.78 is 20.6. The number of carbonyl (C=O) groups is 1. The van der Waals surface area contributed by atoms with Crippen LogP contribution in [0.5, 0.6) is 5.75 Å². The van der Waals surface area contributed by atoms with Crippen LogP contribution < -0.4 is 10.1 Å². The maximum absolute atomic E-state index is 13.4. The number of hydrogen-bond donors (Lipinski definition) is 1. The van der Waals surface area contributed by atoms with Crippen LogP contribution >= 0.6 is 61.7 Å². The zero-order valence-electron chi connectivity index (χ0n) is 16.1. The first kappa shape index (κ1) is 24.5. The van der Waals surface area contributed by atoms with Gasteiger partial charge in [0.2, 0.25) is 0 Å². The Bertz CT molecular complexity index is 1240. The second-order valence-electron chi connectivity index (χ2n) is 6.46. The fourth-order valence-corrected chi connectivity index (χ4v) is 4.80. The van der Waals surface area contributed by atoms with E-state index in [0.717, 1.165) is 3.57 Å². The van der Waals surface area contributed by atoms with Crippen molar-refractivity contribution in [2.75, 3.05) is 5.32 Å². The molecule has 3 rings (SSSR count). The maximum atomic E-state index is 13.4. The van der Waals surface area contributed by atoms with Crippen LogP contribution in [0.25, 0.3) is 6.08 Å². The lowest BCUT2D eigenvalue weighted by atomic mass is 10.1. The quantitative estimate of drug-likeness (QED) is 0.170. The van der Waals surface area contributed by atoms with Crippen molar-refractivity contribution in [3.05, 3.63) is 95.2 Å². The summed E-state index contributed by atoms with van der Waals surface area (Å²) >= 11 is 17.6. The van der Waals surface area contributed by atoms with Crippen LogP contribution in [0.1, 0.15) is 11.1 Å². The Morgan fingerprint density at radius 1 is 1.22 bits per heavy atom. The number of nitrogens with zero attached hydrogens (tertiary/aromatic N) is 1. The van der Waals surface area contributed by atoms with Crippen molar-refractivity contribution in [2.24, 2.45) is 0 Å². The molecule has 0 radical (unpaired) electrons. The average Bonchev–Trinajstić information content (AvgIpc) is 2.74. The Morgan fingerprint density at radius 2 is 1.97 bits per heavy atom. The van der Waals surface area contributed by atoms with Gasteiger partial charge in [0, 0.05) is 0 Å². The van der Waals surface area contributed by atoms with Crippen LogP contribution in [-0.2, 0) is 11.4 Å². The Labute approximate surface area is 216 Å². The highest BCUT2D eigenvalue weighted by molar-refractivity contribution is 14.1. The van der Waals surface area contributed by atoms with Gasteiger partial charge in [-0.3, -0.25) is 4.79 Å². The normalized spacial score (nSPS) is 11.1. The van der Waals surface area contributed by atoms with Crippen LogP contribution in [0.3, 0.4) is 0 Å². The van der Waals surface area contributed by atoms with Gasteiger partial charge in [-0.1, -0.05) is 41.4 Å². The van der Waals surface area contributed by atoms with Gasteiger partial charge in [0.15, 0.2) is 0 Å². The molecule has 162 valence electrons. The molecule has 0 spiro atoms. The van der Waals surface area contributed by atoms with Crippen LogP contribution in [0, 0.1) is 20.7 Å². The molecule has 0 atom stereocenters. The third-order valence-electron chi connectivity index (χ3n) is 4.17. The van der Waals surface area contributed by atoms with Crippen molar-refractivity contribution in [1.29, 1.82) is 5.26 Å². The Kier molecular flexibility index (Phi) is 8.54. The standard InChI is InChI=1S/C23H13BrCl2FIN2O2/c24-17-9-14(10-19(28)22(17)32-12-13-3-1-4-16(27)8-13)7-15(11-29)23(31)30-20-6-2-5-18(25)21(20)26/h1-10H,12H2,(H,30,31)/b15-7-. The van der Waals surface area contributed by atoms with Gasteiger partial charge in [0.25, 0.3) is 5.91 Å². The minimum absolute atomic E-state index is 0.114. The van der Waals surface area contributed by atoms with E-state index in [2.05, 4.69) is 43.8 Å². The summed E-state index contributed by atoms with van der Waals surface area (Å²) in [6, 6.07) is 16.4. The fourth-order valence-electron chi connectivity index (χ4n) is 2.69. The molecule has 0 unspecified atom stereocenters. The molecule has 0 saturated carbocycles. The van der Waals surface area contributed by atoms with Crippen LogP contribution in [0.2, 0.25) is 10.0 Å². The summed E-state index contributed by atoms with van der Waals surface area (Å²) in [4.78, 5) is 12.6. The molecule has 0 aliphatic carbocycles. The first-order valence-electron chi connectivity index (χ1n) is 9.02. The van der Waals surface area contributed by atoms with Gasteiger partial charge in [-0.05, 0) is 92.1 Å². The first-order valence-corrected chi connectivity index (χ1v) is 11.6. The SMILES string of the molecule is N#C/C(=C/c1cc(Br)c(OCc2cccc(F)c2)c(I)c1)C(=O)Nc1cccc(Cl)c1Cl. The van der Waals surface area contributed by atoms with Gasteiger partial charge in [-0.25, -0.2) is 4.39 Å². The third kappa shape index (κ3) is 6.23. The number of nitrogens with one attached hydrogen (secondary N) is 1. The minimum Gasteiger partial charge on any atom is -0.487 e. The molecule has 0 aliphatic heterocycles. The Hall–Kier alpha value is -2.12. The maximum Gasteiger partial charge on any atom is 0.266 e. The number of benzene rings is 3. The topological polar surface area (TPSA) is 62.1 Å². The van der Waals surface area contributed by atoms with Crippen molar-refractivity contribution in [1.82, 2.24) is 0 Å². The van der Waals surface area contributed by atoms with Crippen LogP contribution in [0.15, 0.2) is 64.6 Å². The molecule has 3 aromatic rings. The highest BCUT2D eigenvalue weighted by atomic mass is 127. The number of anilines is 1. The van der Waals surface area contributed by atoms with Gasteiger partial charge in [-0.15, -0.1) is 0 Å². The summed E-state index contributed by atoms with van der Waals surface area (Å²) in [6.07, 6.45) is 1.46. The van der Waals surface area contributed by atoms with Crippen molar-refractivity contribution in [3.63, 3.8) is 0 Å². The minimum atomic E-state index is -0.616. The van der Waals surface area contributed by atoms with Crippen molar-refractivity contribution in [2.45, 2.75) is 6.61 Å². The van der Waals surface area contributed by atoms with Crippen molar-refractivity contribution in [3.8, 4) is 11.8 Å². The molecule has 9 heteroatoms. The molecular weight excluding hydrogens is 633 g/mol. The highest BCUT2D eigenvalue weighted by Crippen LogP contribution is 2.34. The predicted octanol–water partition coefficient (Wildman–Crippen LogP) is 7.62. The molecule has 0 aromatic heterocycles. The van der Waals surface area contributed by atoms with Crippen LogP contribution in [0.4, 0.5) is 10.1 Å². The van der Waals surface area contributed by atoms with E-state index in [1.54, 1.807) is 42.5 Å². The van der Waals surface area contributed by atoms with Gasteiger partial charge in [0.1, 0.15) is 29.8 Å². The second kappa shape index (κ2) is 11.1. The third-order valence-corrected chi connectivity index (χ3v) is 6.38. The summed E-state index contributed by atoms with van der Waals surface area (Å²) in [5, 5.41) is 12.6. The number of hydrogen-bond acceptors (Lipinski definition) is 3. The molecule has 0 aliphatic rings. The van der Waals surface area contributed by atoms with E-state index in [1.807, 2.05) is 6.07 Å². The Balaban J connectivity index is 1.79. The lowest BCUT2D eigenvalue weighted by Gasteiger charge is -2.12. The zero-order chi connectivity index (χ0) is 23.3. The van der Waals surface area contributed by atoms with E-state index in [0.29, 0.717) is 32.1 Å². The summed E-state index contributed by atoms with van der Waals surface area (Å²) in [5.41, 5.74) is 1.50. The van der Waals surface area contributed by atoms with Crippen LogP contribution in [-0.4, -0.2) is 5.91 Å². The number of carbonyl (C=O) groups excluding carboxylic acids is 1. The van der Waals surface area contributed by atoms with Gasteiger partial charge in [0.05, 0.1) is 23.8 Å². The largest absolute Gasteiger partial charge is 0.487 e. The monoisotopic (exact) mass is 644 g/mol. The van der Waals surface area contributed by atoms with E-state index in [1.165, 1.54) is 18.2 Å². The zero-order valence-corrected chi connectivity index (χ0v) is 21.4. The van der Waals surface area contributed by atoms with E-state index >= 15 is 0 Å². The van der Waals surface area contributed by atoms with E-state index in [4.69, 9.17) is 27.9 Å². The summed E-state index contributed by atoms with van der Waals surface area (Å²) in [5.74, 6) is -0.378. The summed E-state index contributed by atoms with van der Waals surface area (Å²) in [6.45, 7) is 0.188. The predicted molar refractivity (Wildman–Crippen MR) is 136 cm³/mol. The second-order valence-corrected chi connectivity index (χ2v) is 9.26. The molecule has 1 amide bonds. The molecule has 1 N–H and O–H groups in total. The smallest absolute Gasteiger partial charge is 0.266 e. The van der Waals surface area contributed by atoms with E-state index < -0.39 is 5.91 Å². The first-order chi connectivity index (χ1) is 15.3.